The summed E-state index contributed by atoms with van der Waals surface area (Å²) in [5.41, 5.74) is 0.342. The smallest absolute Gasteiger partial charge is 0.146 e. The van der Waals surface area contributed by atoms with Crippen LogP contribution in [0.5, 0.6) is 0 Å². The molecule has 2 atom stereocenters. The molecule has 0 heterocycles. The summed E-state index contributed by atoms with van der Waals surface area (Å²) in [4.78, 5) is 0. The highest BCUT2D eigenvalue weighted by molar-refractivity contribution is 5.47. The fourth-order valence-electron chi connectivity index (χ4n) is 1.12. The largest absolute Gasteiger partial charge is 0.391 e. The second kappa shape index (κ2) is 4.57. The van der Waals surface area contributed by atoms with E-state index in [4.69, 9.17) is 0 Å². The van der Waals surface area contributed by atoms with Gasteiger partial charge in [0.05, 0.1) is 11.8 Å². The van der Waals surface area contributed by atoms with Gasteiger partial charge >= 0.3 is 0 Å². The van der Waals surface area contributed by atoms with E-state index in [1.54, 1.807) is 13.8 Å². The van der Waals surface area contributed by atoms with Gasteiger partial charge in [0.15, 0.2) is 0 Å². The zero-order valence-corrected chi connectivity index (χ0v) is 9.01. The maximum Gasteiger partial charge on any atom is 0.146 e. The molecule has 2 unspecified atom stereocenters. The van der Waals surface area contributed by atoms with Crippen molar-refractivity contribution in [2.24, 2.45) is 0 Å². The summed E-state index contributed by atoms with van der Waals surface area (Å²) >= 11 is 0. The summed E-state index contributed by atoms with van der Waals surface area (Å²) in [5.74, 6) is -0.974. The second-order valence-corrected chi connectivity index (χ2v) is 3.75. The number of hydrogen-bond acceptors (Lipinski definition) is 2. The van der Waals surface area contributed by atoms with E-state index < -0.39 is 17.7 Å². The molecular formula is C11H15F2NO. The molecule has 0 saturated carbocycles. The van der Waals surface area contributed by atoms with Crippen molar-refractivity contribution in [1.82, 2.24) is 0 Å². The topological polar surface area (TPSA) is 32.3 Å². The molecule has 15 heavy (non-hydrogen) atoms. The Morgan fingerprint density at radius 3 is 2.33 bits per heavy atom. The summed E-state index contributed by atoms with van der Waals surface area (Å²) in [5, 5.41) is 11.9. The predicted octanol–water partition coefficient (Wildman–Crippen LogP) is 2.45. The number of anilines is 1. The molecule has 0 aliphatic carbocycles. The van der Waals surface area contributed by atoms with Crippen LogP contribution in [0.4, 0.5) is 14.5 Å². The number of aliphatic hydroxyl groups excluding tert-OH is 1. The maximum atomic E-state index is 13.3. The third kappa shape index (κ3) is 2.89. The molecule has 0 spiro atoms. The molecule has 84 valence electrons. The van der Waals surface area contributed by atoms with Crippen molar-refractivity contribution in [1.29, 1.82) is 0 Å². The van der Waals surface area contributed by atoms with Gasteiger partial charge in [-0.3, -0.25) is 0 Å². The third-order valence-corrected chi connectivity index (χ3v) is 2.36. The molecule has 1 aromatic carbocycles. The van der Waals surface area contributed by atoms with Gasteiger partial charge in [-0.25, -0.2) is 8.78 Å². The lowest BCUT2D eigenvalue weighted by molar-refractivity contribution is 0.177. The summed E-state index contributed by atoms with van der Waals surface area (Å²) in [7, 11) is 0. The minimum Gasteiger partial charge on any atom is -0.391 e. The lowest BCUT2D eigenvalue weighted by atomic mass is 10.1. The summed E-state index contributed by atoms with van der Waals surface area (Å²) in [6.45, 7) is 4.78. The first-order valence-corrected chi connectivity index (χ1v) is 4.82. The average Bonchev–Trinajstić information content (AvgIpc) is 2.13. The first kappa shape index (κ1) is 11.9. The van der Waals surface area contributed by atoms with Crippen molar-refractivity contribution in [3.05, 3.63) is 29.3 Å². The van der Waals surface area contributed by atoms with Crippen molar-refractivity contribution in [3.63, 3.8) is 0 Å². The van der Waals surface area contributed by atoms with Crippen molar-refractivity contribution >= 4 is 5.69 Å². The van der Waals surface area contributed by atoms with Crippen LogP contribution in [0.15, 0.2) is 12.1 Å². The van der Waals surface area contributed by atoms with Crippen LogP contribution in [0.3, 0.4) is 0 Å². The number of nitrogens with one attached hydrogen (secondary N) is 1. The number of aryl methyl sites for hydroxylation is 1. The van der Waals surface area contributed by atoms with E-state index in [1.807, 2.05) is 0 Å². The van der Waals surface area contributed by atoms with Gasteiger partial charge in [-0.2, -0.15) is 0 Å². The Bertz CT molecular complexity index is 353. The summed E-state index contributed by atoms with van der Waals surface area (Å²) in [6, 6.07) is 1.90. The molecule has 0 fully saturated rings. The molecule has 0 aliphatic rings. The highest BCUT2D eigenvalue weighted by atomic mass is 19.1. The molecule has 0 aromatic heterocycles. The van der Waals surface area contributed by atoms with Crippen molar-refractivity contribution in [2.75, 3.05) is 5.32 Å². The van der Waals surface area contributed by atoms with Crippen molar-refractivity contribution in [3.8, 4) is 0 Å². The molecule has 0 bridgehead atoms. The molecule has 0 aliphatic heterocycles. The molecule has 4 heteroatoms. The molecule has 1 aromatic rings. The van der Waals surface area contributed by atoms with Gasteiger partial charge < -0.3 is 10.4 Å². The Kier molecular flexibility index (Phi) is 3.63. The van der Waals surface area contributed by atoms with E-state index in [2.05, 4.69) is 5.32 Å². The van der Waals surface area contributed by atoms with Crippen LogP contribution >= 0.6 is 0 Å². The molecule has 1 rings (SSSR count). The van der Waals surface area contributed by atoms with E-state index in [0.717, 1.165) is 12.1 Å². The van der Waals surface area contributed by atoms with Gasteiger partial charge in [-0.05, 0) is 32.4 Å². The molecule has 0 saturated heterocycles. The molecule has 2 nitrogen and oxygen atoms in total. The lowest BCUT2D eigenvalue weighted by Gasteiger charge is -2.18. The van der Waals surface area contributed by atoms with Crippen LogP contribution in [0, 0.1) is 18.6 Å². The Hall–Kier alpha value is -1.16. The first-order chi connectivity index (χ1) is 6.91. The number of hydrogen-bond donors (Lipinski definition) is 2. The number of halogens is 2. The lowest BCUT2D eigenvalue weighted by Crippen LogP contribution is -2.28. The molecule has 0 radical (unpaired) electrons. The molecule has 0 amide bonds. The zero-order valence-electron chi connectivity index (χ0n) is 9.01. The zero-order chi connectivity index (χ0) is 11.6. The van der Waals surface area contributed by atoms with E-state index in [1.165, 1.54) is 6.92 Å². The fraction of sp³-hybridized carbons (Fsp3) is 0.455. The normalized spacial score (nSPS) is 14.8. The van der Waals surface area contributed by atoms with E-state index in [-0.39, 0.29) is 17.3 Å². The van der Waals surface area contributed by atoms with Gasteiger partial charge in [0.2, 0.25) is 0 Å². The van der Waals surface area contributed by atoms with Crippen molar-refractivity contribution in [2.45, 2.75) is 32.9 Å². The highest BCUT2D eigenvalue weighted by Gasteiger charge is 2.12. The quantitative estimate of drug-likeness (QED) is 0.811. The second-order valence-electron chi connectivity index (χ2n) is 3.75. The monoisotopic (exact) mass is 215 g/mol. The molecular weight excluding hydrogens is 200 g/mol. The Balaban J connectivity index is 2.91. The van der Waals surface area contributed by atoms with Crippen LogP contribution < -0.4 is 5.32 Å². The van der Waals surface area contributed by atoms with Gasteiger partial charge in [0.25, 0.3) is 0 Å². The Morgan fingerprint density at radius 2 is 1.80 bits per heavy atom. The summed E-state index contributed by atoms with van der Waals surface area (Å²) < 4.78 is 26.5. The van der Waals surface area contributed by atoms with Crippen molar-refractivity contribution < 1.29 is 13.9 Å². The van der Waals surface area contributed by atoms with Crippen LogP contribution in [-0.4, -0.2) is 17.3 Å². The van der Waals surface area contributed by atoms with E-state index in [9.17, 15) is 13.9 Å². The number of benzene rings is 1. The Morgan fingerprint density at radius 1 is 1.20 bits per heavy atom. The fourth-order valence-corrected chi connectivity index (χ4v) is 1.12. The predicted molar refractivity (Wildman–Crippen MR) is 55.9 cm³/mol. The van der Waals surface area contributed by atoms with Crippen LogP contribution in [0.1, 0.15) is 19.4 Å². The molecule has 2 N–H and O–H groups in total. The third-order valence-electron chi connectivity index (χ3n) is 2.36. The average molecular weight is 215 g/mol. The minimum absolute atomic E-state index is 0.0755. The standard InChI is InChI=1S/C11H15F2NO/c1-6-4-10(13)11(5-9(6)12)14-7(2)8(3)15/h4-5,7-8,14-15H,1-3H3. The SMILES string of the molecule is Cc1cc(F)c(NC(C)C(C)O)cc1F. The van der Waals surface area contributed by atoms with Gasteiger partial charge in [-0.1, -0.05) is 0 Å². The highest BCUT2D eigenvalue weighted by Crippen LogP contribution is 2.19. The summed E-state index contributed by atoms with van der Waals surface area (Å²) in [6.07, 6.45) is -0.631. The maximum absolute atomic E-state index is 13.3. The van der Waals surface area contributed by atoms with Gasteiger partial charge in [0.1, 0.15) is 11.6 Å². The van der Waals surface area contributed by atoms with E-state index in [0.29, 0.717) is 0 Å². The van der Waals surface area contributed by atoms with E-state index >= 15 is 0 Å². The van der Waals surface area contributed by atoms with Gasteiger partial charge in [0, 0.05) is 12.1 Å². The Labute approximate surface area is 87.9 Å². The van der Waals surface area contributed by atoms with Crippen LogP contribution in [-0.2, 0) is 0 Å². The number of rotatable bonds is 3. The minimum atomic E-state index is -0.631. The van der Waals surface area contributed by atoms with Crippen LogP contribution in [0.2, 0.25) is 0 Å². The van der Waals surface area contributed by atoms with Gasteiger partial charge in [-0.15, -0.1) is 0 Å². The first-order valence-electron chi connectivity index (χ1n) is 4.82. The van der Waals surface area contributed by atoms with Crippen LogP contribution in [0.25, 0.3) is 0 Å². The number of aliphatic hydroxyl groups is 1.